The van der Waals surface area contributed by atoms with Crippen molar-refractivity contribution in [2.75, 3.05) is 18.6 Å². The van der Waals surface area contributed by atoms with E-state index in [1.165, 1.54) is 0 Å². The number of aromatic nitrogens is 4. The van der Waals surface area contributed by atoms with Crippen LogP contribution in [-0.4, -0.2) is 39.9 Å². The lowest BCUT2D eigenvalue weighted by molar-refractivity contribution is -0.117. The first-order chi connectivity index (χ1) is 14.7. The summed E-state index contributed by atoms with van der Waals surface area (Å²) in [7, 11) is 1.60. The molecule has 1 aliphatic heterocycles. The van der Waals surface area contributed by atoms with Gasteiger partial charge >= 0.3 is 0 Å². The predicted molar refractivity (Wildman–Crippen MR) is 110 cm³/mol. The molecule has 150 valence electrons. The van der Waals surface area contributed by atoms with Crippen LogP contribution >= 0.6 is 0 Å². The largest absolute Gasteiger partial charge is 0.497 e. The number of methoxy groups -OCH3 is 1. The predicted octanol–water partition coefficient (Wildman–Crippen LogP) is 3.66. The highest BCUT2D eigenvalue weighted by Gasteiger charge is 2.35. The Balaban J connectivity index is 1.35. The van der Waals surface area contributed by atoms with Crippen LogP contribution in [0.15, 0.2) is 65.2 Å². The van der Waals surface area contributed by atoms with E-state index in [4.69, 9.17) is 9.26 Å². The number of H-pyrrole nitrogens is 1. The molecule has 5 rings (SSSR count). The zero-order valence-electron chi connectivity index (χ0n) is 16.3. The molecule has 30 heavy (non-hydrogen) atoms. The van der Waals surface area contributed by atoms with Gasteiger partial charge in [0.05, 0.1) is 12.8 Å². The molecule has 0 radical (unpaired) electrons. The molecular weight excluding hydrogens is 382 g/mol. The van der Waals surface area contributed by atoms with Gasteiger partial charge < -0.3 is 14.2 Å². The zero-order chi connectivity index (χ0) is 20.5. The highest BCUT2D eigenvalue weighted by Crippen LogP contribution is 2.33. The molecule has 3 heterocycles. The van der Waals surface area contributed by atoms with Crippen molar-refractivity contribution >= 4 is 11.6 Å². The molecule has 8 heteroatoms. The van der Waals surface area contributed by atoms with E-state index in [0.717, 1.165) is 16.9 Å². The smallest absolute Gasteiger partial charge is 0.275 e. The number of benzene rings is 2. The molecule has 4 aromatic rings. The van der Waals surface area contributed by atoms with Crippen molar-refractivity contribution in [3.05, 3.63) is 66.5 Å². The van der Waals surface area contributed by atoms with Crippen molar-refractivity contribution in [2.24, 2.45) is 0 Å². The van der Waals surface area contributed by atoms with Gasteiger partial charge in [0.15, 0.2) is 5.82 Å². The Labute approximate surface area is 172 Å². The fourth-order valence-electron chi connectivity index (χ4n) is 3.61. The Morgan fingerprint density at radius 2 is 2.00 bits per heavy atom. The van der Waals surface area contributed by atoms with Gasteiger partial charge in [0, 0.05) is 36.2 Å². The molecule has 1 N–H and O–H groups in total. The van der Waals surface area contributed by atoms with Gasteiger partial charge in [-0.2, -0.15) is 10.1 Å². The summed E-state index contributed by atoms with van der Waals surface area (Å²) in [4.78, 5) is 18.8. The van der Waals surface area contributed by atoms with E-state index >= 15 is 0 Å². The summed E-state index contributed by atoms with van der Waals surface area (Å²) in [5, 5.41) is 11.4. The molecule has 1 amide bonds. The van der Waals surface area contributed by atoms with E-state index in [9.17, 15) is 4.79 Å². The lowest BCUT2D eigenvalue weighted by Crippen LogP contribution is -2.24. The molecular formula is C22H19N5O3. The number of nitrogens with zero attached hydrogens (tertiary/aromatic N) is 4. The van der Waals surface area contributed by atoms with E-state index < -0.39 is 0 Å². The average Bonchev–Trinajstić information content (AvgIpc) is 3.53. The van der Waals surface area contributed by atoms with E-state index in [1.807, 2.05) is 60.7 Å². The Hall–Kier alpha value is -3.94. The number of carbonyl (C=O) groups excluding carboxylic acids is 1. The molecule has 0 spiro atoms. The van der Waals surface area contributed by atoms with Crippen LogP contribution in [0.4, 0.5) is 5.69 Å². The lowest BCUT2D eigenvalue weighted by atomic mass is 10.1. The van der Waals surface area contributed by atoms with Crippen LogP contribution in [0.25, 0.3) is 22.8 Å². The first-order valence-corrected chi connectivity index (χ1v) is 9.60. The standard InChI is InChI=1S/C22H19N5O3/c1-29-17-9-5-8-16(11-17)27-13-15(10-20(27)28)21-23-22(30-26-21)19-12-18(24-25-19)14-6-3-2-4-7-14/h2-9,11-12,15H,10,13H2,1H3,(H,24,25). The monoisotopic (exact) mass is 401 g/mol. The molecule has 0 bridgehead atoms. The van der Waals surface area contributed by atoms with Crippen molar-refractivity contribution in [1.82, 2.24) is 20.3 Å². The molecule has 8 nitrogen and oxygen atoms in total. The number of aromatic amines is 1. The van der Waals surface area contributed by atoms with E-state index in [0.29, 0.717) is 36.1 Å². The molecule has 2 aromatic carbocycles. The van der Waals surface area contributed by atoms with Crippen LogP contribution < -0.4 is 9.64 Å². The number of carbonyl (C=O) groups is 1. The fraction of sp³-hybridized carbons (Fsp3) is 0.182. The van der Waals surface area contributed by atoms with Crippen LogP contribution in [0.5, 0.6) is 5.75 Å². The molecule has 1 aliphatic rings. The van der Waals surface area contributed by atoms with Crippen LogP contribution in [0.2, 0.25) is 0 Å². The summed E-state index contributed by atoms with van der Waals surface area (Å²) >= 11 is 0. The molecule has 2 aromatic heterocycles. The van der Waals surface area contributed by atoms with Gasteiger partial charge in [-0.25, -0.2) is 0 Å². The van der Waals surface area contributed by atoms with Crippen molar-refractivity contribution in [2.45, 2.75) is 12.3 Å². The Kier molecular flexibility index (Phi) is 4.51. The second-order valence-corrected chi connectivity index (χ2v) is 7.10. The van der Waals surface area contributed by atoms with Crippen LogP contribution in [0.3, 0.4) is 0 Å². The third-order valence-corrected chi connectivity index (χ3v) is 5.17. The number of rotatable bonds is 5. The molecule has 1 saturated heterocycles. The lowest BCUT2D eigenvalue weighted by Gasteiger charge is -2.16. The minimum absolute atomic E-state index is 0.0208. The molecule has 1 unspecified atom stereocenters. The van der Waals surface area contributed by atoms with Gasteiger partial charge in [-0.1, -0.05) is 41.6 Å². The number of anilines is 1. The first kappa shape index (κ1) is 18.1. The third-order valence-electron chi connectivity index (χ3n) is 5.17. The van der Waals surface area contributed by atoms with Gasteiger partial charge in [0.25, 0.3) is 5.89 Å². The Morgan fingerprint density at radius 3 is 2.83 bits per heavy atom. The molecule has 0 aliphatic carbocycles. The van der Waals surface area contributed by atoms with Crippen molar-refractivity contribution < 1.29 is 14.1 Å². The van der Waals surface area contributed by atoms with Gasteiger partial charge in [-0.05, 0) is 18.2 Å². The van der Waals surface area contributed by atoms with Gasteiger partial charge in [0.2, 0.25) is 5.91 Å². The van der Waals surface area contributed by atoms with Crippen molar-refractivity contribution in [3.8, 4) is 28.6 Å². The van der Waals surface area contributed by atoms with Gasteiger partial charge in [-0.3, -0.25) is 9.89 Å². The number of amides is 1. The molecule has 0 saturated carbocycles. The van der Waals surface area contributed by atoms with Crippen LogP contribution in [-0.2, 0) is 4.79 Å². The number of hydrogen-bond donors (Lipinski definition) is 1. The van der Waals surface area contributed by atoms with Gasteiger partial charge in [-0.15, -0.1) is 0 Å². The van der Waals surface area contributed by atoms with Crippen LogP contribution in [0.1, 0.15) is 18.2 Å². The normalized spacial score (nSPS) is 16.2. The number of hydrogen-bond acceptors (Lipinski definition) is 6. The Morgan fingerprint density at radius 1 is 1.13 bits per heavy atom. The highest BCUT2D eigenvalue weighted by atomic mass is 16.5. The van der Waals surface area contributed by atoms with Crippen molar-refractivity contribution in [1.29, 1.82) is 0 Å². The summed E-state index contributed by atoms with van der Waals surface area (Å²) in [5.41, 5.74) is 3.23. The van der Waals surface area contributed by atoms with E-state index in [1.54, 1.807) is 12.0 Å². The minimum atomic E-state index is -0.141. The highest BCUT2D eigenvalue weighted by molar-refractivity contribution is 5.96. The second-order valence-electron chi connectivity index (χ2n) is 7.10. The maximum Gasteiger partial charge on any atom is 0.275 e. The summed E-state index contributed by atoms with van der Waals surface area (Å²) in [6, 6.07) is 19.2. The maximum absolute atomic E-state index is 12.6. The SMILES string of the molecule is COc1cccc(N2CC(c3noc(-c4cc(-c5ccccc5)n[nH]4)n3)CC2=O)c1. The third kappa shape index (κ3) is 3.32. The molecule has 1 atom stereocenters. The van der Waals surface area contributed by atoms with E-state index in [-0.39, 0.29) is 11.8 Å². The Bertz CT molecular complexity index is 1180. The van der Waals surface area contributed by atoms with Crippen LogP contribution in [0, 0.1) is 0 Å². The zero-order valence-corrected chi connectivity index (χ0v) is 16.3. The number of ether oxygens (including phenoxy) is 1. The summed E-state index contributed by atoms with van der Waals surface area (Å²) in [5.74, 6) is 1.45. The summed E-state index contributed by atoms with van der Waals surface area (Å²) < 4.78 is 10.7. The quantitative estimate of drug-likeness (QED) is 0.548. The topological polar surface area (TPSA) is 97.1 Å². The summed E-state index contributed by atoms with van der Waals surface area (Å²) in [6.07, 6.45) is 0.328. The first-order valence-electron chi connectivity index (χ1n) is 9.60. The second kappa shape index (κ2) is 7.47. The maximum atomic E-state index is 12.6. The minimum Gasteiger partial charge on any atom is -0.497 e. The summed E-state index contributed by atoms with van der Waals surface area (Å²) in [6.45, 7) is 0.489. The van der Waals surface area contributed by atoms with Crippen molar-refractivity contribution in [3.63, 3.8) is 0 Å². The molecule has 1 fully saturated rings. The van der Waals surface area contributed by atoms with Gasteiger partial charge in [0.1, 0.15) is 11.4 Å². The average molecular weight is 401 g/mol. The van der Waals surface area contributed by atoms with E-state index in [2.05, 4.69) is 20.3 Å². The number of nitrogens with one attached hydrogen (secondary N) is 1. The fourth-order valence-corrected chi connectivity index (χ4v) is 3.61.